The van der Waals surface area contributed by atoms with Crippen LogP contribution in [0.2, 0.25) is 0 Å². The number of nitrogens with one attached hydrogen (secondary N) is 1. The summed E-state index contributed by atoms with van der Waals surface area (Å²) in [5.74, 6) is -0.101. The Hall–Kier alpha value is -2.14. The third-order valence-electron chi connectivity index (χ3n) is 4.54. The molecule has 0 saturated heterocycles. The van der Waals surface area contributed by atoms with Gasteiger partial charge < -0.3 is 4.74 Å². The molecule has 108 valence electrons. The van der Waals surface area contributed by atoms with Gasteiger partial charge in [-0.25, -0.2) is 0 Å². The van der Waals surface area contributed by atoms with Crippen LogP contribution in [-0.4, -0.2) is 29.6 Å². The third kappa shape index (κ3) is 1.67. The van der Waals surface area contributed by atoms with Gasteiger partial charge in [-0.1, -0.05) is 18.2 Å². The SMILES string of the molecule is COC(=O)[C@@H]1Cc2c3n(c4ccccc24)C(=O)CC[C@H]3N1. The zero-order valence-electron chi connectivity index (χ0n) is 11.8. The standard InChI is InChI=1S/C16H16N2O3/c1-21-16(20)12-8-10-9-4-2-3-5-13(9)18-14(19)7-6-11(17-12)15(10)18/h2-5,11-12,17H,6-8H2,1H3/t11-,12+/m1/s1. The van der Waals surface area contributed by atoms with Gasteiger partial charge in [0, 0.05) is 30.0 Å². The highest BCUT2D eigenvalue weighted by Crippen LogP contribution is 2.39. The van der Waals surface area contributed by atoms with Crippen LogP contribution in [-0.2, 0) is 16.0 Å². The summed E-state index contributed by atoms with van der Waals surface area (Å²) >= 11 is 0. The average Bonchev–Trinajstić information content (AvgIpc) is 2.86. The molecule has 0 amide bonds. The number of benzene rings is 1. The number of hydrogen-bond donors (Lipinski definition) is 1. The minimum absolute atomic E-state index is 0.0444. The van der Waals surface area contributed by atoms with E-state index in [2.05, 4.69) is 5.32 Å². The Morgan fingerprint density at radius 1 is 1.38 bits per heavy atom. The fourth-order valence-corrected chi connectivity index (χ4v) is 3.65. The zero-order valence-corrected chi connectivity index (χ0v) is 11.8. The van der Waals surface area contributed by atoms with E-state index >= 15 is 0 Å². The molecule has 1 aromatic heterocycles. The van der Waals surface area contributed by atoms with E-state index in [-0.39, 0.29) is 24.0 Å². The summed E-state index contributed by atoms with van der Waals surface area (Å²) in [4.78, 5) is 24.2. The Morgan fingerprint density at radius 2 is 2.19 bits per heavy atom. The van der Waals surface area contributed by atoms with E-state index in [9.17, 15) is 9.59 Å². The molecule has 0 unspecified atom stereocenters. The predicted molar refractivity (Wildman–Crippen MR) is 77.2 cm³/mol. The lowest BCUT2D eigenvalue weighted by Gasteiger charge is -2.33. The number of para-hydroxylation sites is 1. The average molecular weight is 284 g/mol. The number of aromatic nitrogens is 1. The smallest absolute Gasteiger partial charge is 0.323 e. The second kappa shape index (κ2) is 4.43. The number of ether oxygens (including phenoxy) is 1. The van der Waals surface area contributed by atoms with Gasteiger partial charge in [0.1, 0.15) is 6.04 Å². The maximum absolute atomic E-state index is 12.3. The molecule has 3 heterocycles. The van der Waals surface area contributed by atoms with Gasteiger partial charge in [0.05, 0.1) is 12.6 Å². The van der Waals surface area contributed by atoms with E-state index in [0.29, 0.717) is 12.8 Å². The molecular weight excluding hydrogens is 268 g/mol. The molecule has 0 saturated carbocycles. The first kappa shape index (κ1) is 12.6. The molecule has 4 rings (SSSR count). The van der Waals surface area contributed by atoms with Crippen molar-refractivity contribution in [1.82, 2.24) is 9.88 Å². The molecule has 1 N–H and O–H groups in total. The minimum Gasteiger partial charge on any atom is -0.468 e. The van der Waals surface area contributed by atoms with E-state index < -0.39 is 0 Å². The molecule has 2 aliphatic rings. The largest absolute Gasteiger partial charge is 0.468 e. The lowest BCUT2D eigenvalue weighted by Crippen LogP contribution is -2.47. The van der Waals surface area contributed by atoms with Gasteiger partial charge in [-0.3, -0.25) is 19.5 Å². The summed E-state index contributed by atoms with van der Waals surface area (Å²) in [6, 6.07) is 7.63. The number of rotatable bonds is 1. The van der Waals surface area contributed by atoms with Crippen molar-refractivity contribution in [2.75, 3.05) is 7.11 Å². The van der Waals surface area contributed by atoms with Crippen molar-refractivity contribution in [2.45, 2.75) is 31.3 Å². The molecule has 5 nitrogen and oxygen atoms in total. The molecule has 0 fully saturated rings. The zero-order chi connectivity index (χ0) is 14.6. The number of carbonyl (C=O) groups is 2. The summed E-state index contributed by atoms with van der Waals surface area (Å²) < 4.78 is 6.71. The van der Waals surface area contributed by atoms with Crippen LogP contribution in [0.1, 0.15) is 34.9 Å². The Kier molecular flexibility index (Phi) is 2.65. The molecule has 5 heteroatoms. The predicted octanol–water partition coefficient (Wildman–Crippen LogP) is 1.80. The molecule has 0 radical (unpaired) electrons. The van der Waals surface area contributed by atoms with E-state index in [4.69, 9.17) is 4.74 Å². The van der Waals surface area contributed by atoms with Gasteiger partial charge in [0.2, 0.25) is 5.91 Å². The van der Waals surface area contributed by atoms with E-state index in [1.807, 2.05) is 28.8 Å². The van der Waals surface area contributed by atoms with Crippen LogP contribution in [0, 0.1) is 0 Å². The molecule has 2 aromatic rings. The topological polar surface area (TPSA) is 60.3 Å². The van der Waals surface area contributed by atoms with Crippen molar-refractivity contribution in [1.29, 1.82) is 0 Å². The molecule has 2 aliphatic heterocycles. The fourth-order valence-electron chi connectivity index (χ4n) is 3.65. The van der Waals surface area contributed by atoms with E-state index in [1.54, 1.807) is 0 Å². The van der Waals surface area contributed by atoms with Crippen LogP contribution in [0.5, 0.6) is 0 Å². The Bertz CT molecular complexity index is 762. The lowest BCUT2D eigenvalue weighted by atomic mass is 9.90. The number of hydrogen-bond acceptors (Lipinski definition) is 4. The first-order chi connectivity index (χ1) is 10.2. The third-order valence-corrected chi connectivity index (χ3v) is 4.54. The number of methoxy groups -OCH3 is 1. The molecule has 21 heavy (non-hydrogen) atoms. The molecule has 0 bridgehead atoms. The quantitative estimate of drug-likeness (QED) is 0.811. The van der Waals surface area contributed by atoms with Crippen molar-refractivity contribution >= 4 is 22.8 Å². The first-order valence-corrected chi connectivity index (χ1v) is 7.20. The highest BCUT2D eigenvalue weighted by Gasteiger charge is 2.38. The van der Waals surface area contributed by atoms with Crippen LogP contribution in [0.15, 0.2) is 24.3 Å². The Labute approximate surface area is 121 Å². The highest BCUT2D eigenvalue weighted by molar-refractivity contribution is 5.98. The number of carbonyl (C=O) groups excluding carboxylic acids is 2. The second-order valence-electron chi connectivity index (χ2n) is 5.65. The summed E-state index contributed by atoms with van der Waals surface area (Å²) in [5, 5.41) is 4.41. The van der Waals surface area contributed by atoms with Crippen molar-refractivity contribution in [2.24, 2.45) is 0 Å². The van der Waals surface area contributed by atoms with Crippen LogP contribution in [0.25, 0.3) is 10.9 Å². The number of fused-ring (bicyclic) bond motifs is 3. The monoisotopic (exact) mass is 284 g/mol. The fraction of sp³-hybridized carbons (Fsp3) is 0.375. The van der Waals surface area contributed by atoms with E-state index in [1.165, 1.54) is 7.11 Å². The number of nitrogens with zero attached hydrogens (tertiary/aromatic N) is 1. The van der Waals surface area contributed by atoms with Gasteiger partial charge in [0.15, 0.2) is 0 Å². The summed E-state index contributed by atoms with van der Waals surface area (Å²) in [6.07, 6.45) is 1.80. The van der Waals surface area contributed by atoms with Gasteiger partial charge in [-0.2, -0.15) is 0 Å². The van der Waals surface area contributed by atoms with Crippen LogP contribution in [0.4, 0.5) is 0 Å². The summed E-state index contributed by atoms with van der Waals surface area (Å²) in [7, 11) is 1.41. The second-order valence-corrected chi connectivity index (χ2v) is 5.65. The summed E-state index contributed by atoms with van der Waals surface area (Å²) in [6.45, 7) is 0. The van der Waals surface area contributed by atoms with Crippen LogP contribution < -0.4 is 5.32 Å². The number of esters is 1. The van der Waals surface area contributed by atoms with Crippen molar-refractivity contribution in [3.8, 4) is 0 Å². The van der Waals surface area contributed by atoms with Crippen molar-refractivity contribution in [3.05, 3.63) is 35.5 Å². The van der Waals surface area contributed by atoms with Gasteiger partial charge in [-0.15, -0.1) is 0 Å². The molecule has 1 aromatic carbocycles. The lowest BCUT2D eigenvalue weighted by molar-refractivity contribution is -0.143. The van der Waals surface area contributed by atoms with Gasteiger partial charge >= 0.3 is 5.97 Å². The van der Waals surface area contributed by atoms with Crippen LogP contribution >= 0.6 is 0 Å². The molecule has 2 atom stereocenters. The normalized spacial score (nSPS) is 24.0. The van der Waals surface area contributed by atoms with Gasteiger partial charge in [-0.05, 0) is 18.1 Å². The molecular formula is C16H16N2O3. The van der Waals surface area contributed by atoms with Crippen LogP contribution in [0.3, 0.4) is 0 Å². The maximum Gasteiger partial charge on any atom is 0.323 e. The Morgan fingerprint density at radius 3 is 3.00 bits per heavy atom. The molecule has 0 spiro atoms. The molecule has 0 aliphatic carbocycles. The van der Waals surface area contributed by atoms with Gasteiger partial charge in [0.25, 0.3) is 0 Å². The Balaban J connectivity index is 1.96. The van der Waals surface area contributed by atoms with Crippen molar-refractivity contribution in [3.63, 3.8) is 0 Å². The minimum atomic E-state index is -0.333. The highest BCUT2D eigenvalue weighted by atomic mass is 16.5. The maximum atomic E-state index is 12.3. The first-order valence-electron chi connectivity index (χ1n) is 7.20. The summed E-state index contributed by atoms with van der Waals surface area (Å²) in [5.41, 5.74) is 3.09. The van der Waals surface area contributed by atoms with Crippen molar-refractivity contribution < 1.29 is 14.3 Å². The van der Waals surface area contributed by atoms with E-state index in [0.717, 1.165) is 28.6 Å².